The fourth-order valence-corrected chi connectivity index (χ4v) is 1.14. The van der Waals surface area contributed by atoms with Crippen LogP contribution in [0.5, 0.6) is 0 Å². The van der Waals surface area contributed by atoms with E-state index in [1.807, 2.05) is 39.0 Å². The van der Waals surface area contributed by atoms with Crippen LogP contribution in [0, 0.1) is 0 Å². The first-order valence-corrected chi connectivity index (χ1v) is 5.73. The van der Waals surface area contributed by atoms with Crippen molar-refractivity contribution < 1.29 is 0 Å². The maximum absolute atomic E-state index is 5.72. The molecule has 2 N–H and O–H groups in total. The van der Waals surface area contributed by atoms with E-state index in [2.05, 4.69) is 24.6 Å². The molecule has 0 unspecified atom stereocenters. The van der Waals surface area contributed by atoms with Crippen molar-refractivity contribution in [3.05, 3.63) is 42.0 Å². The van der Waals surface area contributed by atoms with Gasteiger partial charge in [0, 0.05) is 0 Å². The minimum absolute atomic E-state index is 0.505. The number of nitrogens with zero attached hydrogens (tertiary/aromatic N) is 1. The van der Waals surface area contributed by atoms with Crippen molar-refractivity contribution in [2.75, 3.05) is 0 Å². The molecule has 2 nitrogen and oxygen atoms in total. The molecular formula is C14H22N2. The van der Waals surface area contributed by atoms with Crippen molar-refractivity contribution in [3.63, 3.8) is 0 Å². The number of amidine groups is 1. The monoisotopic (exact) mass is 218 g/mol. The molecule has 1 aromatic rings. The Balaban J connectivity index is 0.00000106. The SMILES string of the molecule is C=C(C)C(N)=Nc1ccccc1CC.CC. The molecule has 1 rings (SSSR count). The average Bonchev–Trinajstić information content (AvgIpc) is 2.32. The molecule has 0 radical (unpaired) electrons. The second-order valence-electron chi connectivity index (χ2n) is 3.26. The summed E-state index contributed by atoms with van der Waals surface area (Å²) in [5.74, 6) is 0.505. The van der Waals surface area contributed by atoms with E-state index in [1.54, 1.807) is 0 Å². The molecule has 0 atom stereocenters. The summed E-state index contributed by atoms with van der Waals surface area (Å²) in [6, 6.07) is 8.00. The highest BCUT2D eigenvalue weighted by molar-refractivity contribution is 5.97. The van der Waals surface area contributed by atoms with Crippen LogP contribution in [0.2, 0.25) is 0 Å². The van der Waals surface area contributed by atoms with Gasteiger partial charge in [0.05, 0.1) is 5.69 Å². The second kappa shape index (κ2) is 7.69. The Hall–Kier alpha value is -1.57. The molecule has 0 aromatic heterocycles. The Kier molecular flexibility index (Phi) is 6.93. The summed E-state index contributed by atoms with van der Waals surface area (Å²) >= 11 is 0. The minimum atomic E-state index is 0.505. The summed E-state index contributed by atoms with van der Waals surface area (Å²) in [4.78, 5) is 4.32. The van der Waals surface area contributed by atoms with Gasteiger partial charge in [-0.3, -0.25) is 0 Å². The molecule has 1 aromatic carbocycles. The van der Waals surface area contributed by atoms with Gasteiger partial charge in [-0.15, -0.1) is 0 Å². The van der Waals surface area contributed by atoms with Crippen LogP contribution >= 0.6 is 0 Å². The molecule has 0 bridgehead atoms. The minimum Gasteiger partial charge on any atom is -0.383 e. The van der Waals surface area contributed by atoms with E-state index in [-0.39, 0.29) is 0 Å². The van der Waals surface area contributed by atoms with Gasteiger partial charge < -0.3 is 5.73 Å². The Bertz CT molecular complexity index is 365. The van der Waals surface area contributed by atoms with E-state index in [9.17, 15) is 0 Å². The van der Waals surface area contributed by atoms with E-state index in [4.69, 9.17) is 5.73 Å². The number of benzene rings is 1. The highest BCUT2D eigenvalue weighted by Crippen LogP contribution is 2.19. The lowest BCUT2D eigenvalue weighted by Crippen LogP contribution is -2.11. The molecule has 88 valence electrons. The van der Waals surface area contributed by atoms with Gasteiger partial charge in [0.1, 0.15) is 5.84 Å². The summed E-state index contributed by atoms with van der Waals surface area (Å²) in [5.41, 5.74) is 8.67. The maximum Gasteiger partial charge on any atom is 0.126 e. The molecule has 0 saturated heterocycles. The van der Waals surface area contributed by atoms with Crippen LogP contribution in [0.1, 0.15) is 33.3 Å². The molecular weight excluding hydrogens is 196 g/mol. The van der Waals surface area contributed by atoms with Gasteiger partial charge in [-0.05, 0) is 30.5 Å². The molecule has 0 fully saturated rings. The number of para-hydroxylation sites is 1. The fraction of sp³-hybridized carbons (Fsp3) is 0.357. The number of nitrogens with two attached hydrogens (primary N) is 1. The molecule has 0 aliphatic rings. The molecule has 0 saturated carbocycles. The molecule has 0 aliphatic heterocycles. The van der Waals surface area contributed by atoms with Crippen LogP contribution < -0.4 is 5.73 Å². The third kappa shape index (κ3) is 4.30. The Morgan fingerprint density at radius 2 is 1.88 bits per heavy atom. The predicted molar refractivity (Wildman–Crippen MR) is 73.3 cm³/mol. The van der Waals surface area contributed by atoms with Gasteiger partial charge in [0.15, 0.2) is 0 Å². The van der Waals surface area contributed by atoms with Gasteiger partial charge in [-0.25, -0.2) is 4.99 Å². The fourth-order valence-electron chi connectivity index (χ4n) is 1.14. The Morgan fingerprint density at radius 3 is 2.38 bits per heavy atom. The third-order valence-corrected chi connectivity index (χ3v) is 2.05. The zero-order valence-corrected chi connectivity index (χ0v) is 10.7. The Labute approximate surface area is 98.9 Å². The van der Waals surface area contributed by atoms with Crippen molar-refractivity contribution >= 4 is 11.5 Å². The second-order valence-corrected chi connectivity index (χ2v) is 3.26. The van der Waals surface area contributed by atoms with Gasteiger partial charge in [0.2, 0.25) is 0 Å². The largest absolute Gasteiger partial charge is 0.383 e. The first kappa shape index (κ1) is 14.4. The summed E-state index contributed by atoms with van der Waals surface area (Å²) in [7, 11) is 0. The smallest absolute Gasteiger partial charge is 0.126 e. The summed E-state index contributed by atoms with van der Waals surface area (Å²) in [6.45, 7) is 11.7. The van der Waals surface area contributed by atoms with Crippen LogP contribution in [-0.4, -0.2) is 5.84 Å². The van der Waals surface area contributed by atoms with Crippen LogP contribution in [0.4, 0.5) is 5.69 Å². The predicted octanol–water partition coefficient (Wildman–Crippen LogP) is 3.84. The lowest BCUT2D eigenvalue weighted by Gasteiger charge is -2.03. The van der Waals surface area contributed by atoms with Crippen LogP contribution in [0.3, 0.4) is 0 Å². The standard InChI is InChI=1S/C12H16N2.C2H6/c1-4-10-7-5-6-8-11(10)14-12(13)9(2)3;1-2/h5-8H,2,4H2,1,3H3,(H2,13,14);1-2H3. The van der Waals surface area contributed by atoms with E-state index in [0.717, 1.165) is 17.7 Å². The van der Waals surface area contributed by atoms with Crippen molar-refractivity contribution in [2.24, 2.45) is 10.7 Å². The summed E-state index contributed by atoms with van der Waals surface area (Å²) in [5, 5.41) is 0. The zero-order chi connectivity index (χ0) is 12.6. The number of rotatable bonds is 3. The third-order valence-electron chi connectivity index (χ3n) is 2.05. The molecule has 0 spiro atoms. The first-order valence-electron chi connectivity index (χ1n) is 5.73. The number of hydrogen-bond donors (Lipinski definition) is 1. The number of hydrogen-bond acceptors (Lipinski definition) is 1. The van der Waals surface area contributed by atoms with Gasteiger partial charge in [-0.1, -0.05) is 45.5 Å². The molecule has 16 heavy (non-hydrogen) atoms. The number of aliphatic imine (C=N–C) groups is 1. The van der Waals surface area contributed by atoms with Crippen molar-refractivity contribution in [1.29, 1.82) is 0 Å². The molecule has 0 heterocycles. The summed E-state index contributed by atoms with van der Waals surface area (Å²) < 4.78 is 0. The van der Waals surface area contributed by atoms with Crippen LogP contribution in [-0.2, 0) is 6.42 Å². The van der Waals surface area contributed by atoms with Gasteiger partial charge >= 0.3 is 0 Å². The average molecular weight is 218 g/mol. The van der Waals surface area contributed by atoms with E-state index in [0.29, 0.717) is 5.84 Å². The van der Waals surface area contributed by atoms with Crippen molar-refractivity contribution in [2.45, 2.75) is 34.1 Å². The first-order chi connectivity index (χ1) is 7.65. The van der Waals surface area contributed by atoms with E-state index < -0.39 is 0 Å². The zero-order valence-electron chi connectivity index (χ0n) is 10.7. The molecule has 0 aliphatic carbocycles. The van der Waals surface area contributed by atoms with Crippen molar-refractivity contribution in [1.82, 2.24) is 0 Å². The lowest BCUT2D eigenvalue weighted by molar-refractivity contribution is 1.13. The van der Waals surface area contributed by atoms with Gasteiger partial charge in [-0.2, -0.15) is 0 Å². The molecule has 2 heteroatoms. The van der Waals surface area contributed by atoms with Crippen LogP contribution in [0.15, 0.2) is 41.4 Å². The van der Waals surface area contributed by atoms with E-state index in [1.165, 1.54) is 5.56 Å². The highest BCUT2D eigenvalue weighted by Gasteiger charge is 1.99. The normalized spacial score (nSPS) is 10.4. The van der Waals surface area contributed by atoms with Crippen LogP contribution in [0.25, 0.3) is 0 Å². The highest BCUT2D eigenvalue weighted by atomic mass is 14.9. The summed E-state index contributed by atoms with van der Waals surface area (Å²) in [6.07, 6.45) is 0.961. The topological polar surface area (TPSA) is 38.4 Å². The van der Waals surface area contributed by atoms with E-state index >= 15 is 0 Å². The van der Waals surface area contributed by atoms with Gasteiger partial charge in [0.25, 0.3) is 0 Å². The lowest BCUT2D eigenvalue weighted by atomic mass is 10.1. The quantitative estimate of drug-likeness (QED) is 0.607. The Morgan fingerprint density at radius 1 is 1.31 bits per heavy atom. The number of aryl methyl sites for hydroxylation is 1. The van der Waals surface area contributed by atoms with Crippen molar-refractivity contribution in [3.8, 4) is 0 Å². The maximum atomic E-state index is 5.72. The molecule has 0 amide bonds.